The van der Waals surface area contributed by atoms with Crippen molar-refractivity contribution >= 4 is 17.4 Å². The van der Waals surface area contributed by atoms with E-state index in [-0.39, 0.29) is 17.4 Å². The van der Waals surface area contributed by atoms with Gasteiger partial charge in [0.2, 0.25) is 0 Å². The fourth-order valence-electron chi connectivity index (χ4n) is 0.343. The van der Waals surface area contributed by atoms with Crippen LogP contribution in [0.2, 0.25) is 0 Å². The van der Waals surface area contributed by atoms with E-state index in [0.717, 1.165) is 0 Å². The lowest BCUT2D eigenvalue weighted by Crippen LogP contribution is -1.85. The molecule has 1 rings (SSSR count). The van der Waals surface area contributed by atoms with E-state index in [1.807, 2.05) is 0 Å². The number of aromatic nitrogens is 3. The smallest absolute Gasteiger partial charge is 0.323 e. The summed E-state index contributed by atoms with van der Waals surface area (Å²) >= 11 is 0. The Hall–Kier alpha value is -1.06. The summed E-state index contributed by atoms with van der Waals surface area (Å²) in [6.07, 6.45) is 0. The standard InChI is InChI=1S/C3H3N3O3.Al.3H/c7-1-4-2(8)6-3(9)5-1;;;;/h(H3,4,5,6,7,8,9);;;;. The Morgan fingerprint density at radius 1 is 0.700 bits per heavy atom. The number of hydrogen-bond acceptors (Lipinski definition) is 6. The second-order valence-electron chi connectivity index (χ2n) is 1.24. The first-order chi connectivity index (χ1) is 4.18. The van der Waals surface area contributed by atoms with E-state index in [2.05, 4.69) is 15.0 Å². The molecule has 1 aromatic heterocycles. The summed E-state index contributed by atoms with van der Waals surface area (Å²) in [7, 11) is 0. The molecule has 0 aliphatic carbocycles. The van der Waals surface area contributed by atoms with Gasteiger partial charge in [-0.15, -0.1) is 15.0 Å². The fourth-order valence-corrected chi connectivity index (χ4v) is 0.343. The van der Waals surface area contributed by atoms with Gasteiger partial charge in [-0.1, -0.05) is 0 Å². The quantitative estimate of drug-likeness (QED) is 0.371. The molecule has 0 fully saturated rings. The van der Waals surface area contributed by atoms with Crippen molar-refractivity contribution < 1.29 is 15.3 Å². The van der Waals surface area contributed by atoms with Crippen LogP contribution in [0.25, 0.3) is 0 Å². The number of hydrogen-bond donors (Lipinski definition) is 3. The normalized spacial score (nSPS) is 8.40. The predicted molar refractivity (Wildman–Crippen MR) is 34.8 cm³/mol. The summed E-state index contributed by atoms with van der Waals surface area (Å²) in [5, 5.41) is 25.2. The van der Waals surface area contributed by atoms with Crippen LogP contribution in [0.1, 0.15) is 0 Å². The van der Waals surface area contributed by atoms with Gasteiger partial charge in [0.1, 0.15) is 0 Å². The van der Waals surface area contributed by atoms with E-state index in [1.54, 1.807) is 0 Å². The Kier molecular flexibility index (Phi) is 2.86. The van der Waals surface area contributed by atoms with Gasteiger partial charge in [0.05, 0.1) is 0 Å². The maximum absolute atomic E-state index is 8.41. The summed E-state index contributed by atoms with van der Waals surface area (Å²) in [6.45, 7) is 0. The molecule has 0 atom stereocenters. The minimum atomic E-state index is -0.708. The minimum absolute atomic E-state index is 0. The van der Waals surface area contributed by atoms with Crippen molar-refractivity contribution in [3.8, 4) is 18.0 Å². The molecule has 54 valence electrons. The Balaban J connectivity index is 0.000000810. The van der Waals surface area contributed by atoms with E-state index in [1.165, 1.54) is 0 Å². The Bertz CT molecular complexity index is 180. The first kappa shape index (κ1) is 8.94. The van der Waals surface area contributed by atoms with Crippen molar-refractivity contribution in [3.63, 3.8) is 0 Å². The van der Waals surface area contributed by atoms with Crippen LogP contribution in [-0.2, 0) is 0 Å². The maximum atomic E-state index is 8.41. The van der Waals surface area contributed by atoms with Crippen LogP contribution in [0.5, 0.6) is 18.0 Å². The molecule has 1 heterocycles. The van der Waals surface area contributed by atoms with Crippen LogP contribution < -0.4 is 0 Å². The van der Waals surface area contributed by atoms with Gasteiger partial charge >= 0.3 is 18.0 Å². The van der Waals surface area contributed by atoms with Crippen molar-refractivity contribution in [2.75, 3.05) is 0 Å². The molecule has 0 radical (unpaired) electrons. The summed E-state index contributed by atoms with van der Waals surface area (Å²) in [5.41, 5.74) is 0. The molecular formula is C3H6AlN3O3. The van der Waals surface area contributed by atoms with Crippen LogP contribution >= 0.6 is 0 Å². The highest BCUT2D eigenvalue weighted by Gasteiger charge is 1.99. The third kappa shape index (κ3) is 2.05. The zero-order chi connectivity index (χ0) is 6.85. The van der Waals surface area contributed by atoms with E-state index in [9.17, 15) is 0 Å². The Morgan fingerprint density at radius 2 is 0.900 bits per heavy atom. The van der Waals surface area contributed by atoms with E-state index < -0.39 is 18.0 Å². The number of nitrogens with zero attached hydrogens (tertiary/aromatic N) is 3. The summed E-state index contributed by atoms with van der Waals surface area (Å²) in [6, 6.07) is -2.12. The SMILES string of the molecule is Oc1nc(O)nc(O)n1.[AlH3]. The van der Waals surface area contributed by atoms with Gasteiger partial charge in [-0.05, 0) is 0 Å². The van der Waals surface area contributed by atoms with Crippen LogP contribution in [0.3, 0.4) is 0 Å². The molecule has 6 nitrogen and oxygen atoms in total. The second-order valence-corrected chi connectivity index (χ2v) is 1.24. The topological polar surface area (TPSA) is 99.4 Å². The Morgan fingerprint density at radius 3 is 1.10 bits per heavy atom. The van der Waals surface area contributed by atoms with Gasteiger partial charge in [-0.2, -0.15) is 0 Å². The zero-order valence-electron chi connectivity index (χ0n) is 4.18. The van der Waals surface area contributed by atoms with E-state index >= 15 is 0 Å². The third-order valence-electron chi connectivity index (χ3n) is 0.600. The van der Waals surface area contributed by atoms with Crippen molar-refractivity contribution in [1.82, 2.24) is 15.0 Å². The van der Waals surface area contributed by atoms with Crippen molar-refractivity contribution in [2.45, 2.75) is 0 Å². The molecule has 0 bridgehead atoms. The Labute approximate surface area is 66.3 Å². The highest BCUT2D eigenvalue weighted by atomic mass is 27.0. The highest BCUT2D eigenvalue weighted by molar-refractivity contribution is 5.75. The van der Waals surface area contributed by atoms with E-state index in [0.29, 0.717) is 0 Å². The third-order valence-corrected chi connectivity index (χ3v) is 0.600. The molecule has 3 N–H and O–H groups in total. The zero-order valence-corrected chi connectivity index (χ0v) is 4.18. The van der Waals surface area contributed by atoms with Crippen LogP contribution in [-0.4, -0.2) is 47.6 Å². The molecule has 0 aromatic carbocycles. The van der Waals surface area contributed by atoms with Crippen LogP contribution in [0.4, 0.5) is 0 Å². The number of aromatic hydroxyl groups is 3. The molecule has 0 spiro atoms. The highest BCUT2D eigenvalue weighted by Crippen LogP contribution is 2.08. The van der Waals surface area contributed by atoms with E-state index in [4.69, 9.17) is 15.3 Å². The molecule has 0 aliphatic heterocycles. The average Bonchev–Trinajstić information content (AvgIpc) is 1.59. The minimum Gasteiger partial charge on any atom is -0.479 e. The molecule has 1 aromatic rings. The average molecular weight is 159 g/mol. The molecule has 0 amide bonds. The van der Waals surface area contributed by atoms with Crippen LogP contribution in [0, 0.1) is 0 Å². The van der Waals surface area contributed by atoms with Crippen molar-refractivity contribution in [3.05, 3.63) is 0 Å². The predicted octanol–water partition coefficient (Wildman–Crippen LogP) is -2.20. The van der Waals surface area contributed by atoms with Crippen molar-refractivity contribution in [1.29, 1.82) is 0 Å². The lowest BCUT2D eigenvalue weighted by Gasteiger charge is -1.90. The summed E-state index contributed by atoms with van der Waals surface area (Å²) < 4.78 is 0. The summed E-state index contributed by atoms with van der Waals surface area (Å²) in [5.74, 6) is 0. The maximum Gasteiger partial charge on any atom is 0.323 e. The first-order valence-electron chi connectivity index (χ1n) is 2.01. The molecule has 0 unspecified atom stereocenters. The molecule has 0 saturated carbocycles. The van der Waals surface area contributed by atoms with Crippen molar-refractivity contribution in [2.24, 2.45) is 0 Å². The van der Waals surface area contributed by atoms with Gasteiger partial charge in [-0.3, -0.25) is 0 Å². The van der Waals surface area contributed by atoms with Gasteiger partial charge in [0.15, 0.2) is 17.4 Å². The summed E-state index contributed by atoms with van der Waals surface area (Å²) in [4.78, 5) is 8.89. The lowest BCUT2D eigenvalue weighted by atomic mass is 10.9. The van der Waals surface area contributed by atoms with Crippen LogP contribution in [0.15, 0.2) is 0 Å². The fraction of sp³-hybridized carbons (Fsp3) is 0. The van der Waals surface area contributed by atoms with Gasteiger partial charge in [0.25, 0.3) is 0 Å². The largest absolute Gasteiger partial charge is 0.479 e. The molecular weight excluding hydrogens is 153 g/mol. The first-order valence-corrected chi connectivity index (χ1v) is 2.01. The molecule has 7 heteroatoms. The number of rotatable bonds is 0. The van der Waals surface area contributed by atoms with Gasteiger partial charge in [0, 0.05) is 0 Å². The van der Waals surface area contributed by atoms with Gasteiger partial charge < -0.3 is 15.3 Å². The molecule has 0 saturated heterocycles. The lowest BCUT2D eigenvalue weighted by molar-refractivity contribution is 0.344. The second kappa shape index (κ2) is 3.20. The molecule has 0 aliphatic rings. The molecule has 10 heavy (non-hydrogen) atoms. The monoisotopic (exact) mass is 159 g/mol. The van der Waals surface area contributed by atoms with Gasteiger partial charge in [-0.25, -0.2) is 0 Å².